The number of esters is 1. The molecule has 0 atom stereocenters. The number of nitrogens with one attached hydrogen (secondary N) is 1. The van der Waals surface area contributed by atoms with Crippen molar-refractivity contribution in [2.45, 2.75) is 6.54 Å². The van der Waals surface area contributed by atoms with Gasteiger partial charge < -0.3 is 14.5 Å². The van der Waals surface area contributed by atoms with Gasteiger partial charge in [-0.3, -0.25) is 0 Å². The second kappa shape index (κ2) is 6.26. The maximum Gasteiger partial charge on any atom is 0.341 e. The third-order valence-electron chi connectivity index (χ3n) is 2.63. The molecule has 0 aliphatic heterocycles. The molecule has 2 aromatic rings. The molecule has 0 bridgehead atoms. The molecule has 2 rings (SSSR count). The van der Waals surface area contributed by atoms with E-state index in [4.69, 9.17) is 9.68 Å². The summed E-state index contributed by atoms with van der Waals surface area (Å²) in [6.45, 7) is 0.368. The first kappa shape index (κ1) is 14.2. The summed E-state index contributed by atoms with van der Waals surface area (Å²) < 4.78 is 10.7. The number of nitriles is 1. The summed E-state index contributed by atoms with van der Waals surface area (Å²) in [4.78, 5) is 11.3. The summed E-state index contributed by atoms with van der Waals surface area (Å²) in [5, 5.41) is 12.1. The molecule has 1 N–H and O–H groups in total. The quantitative estimate of drug-likeness (QED) is 0.868. The fourth-order valence-electron chi connectivity index (χ4n) is 1.64. The molecule has 0 aliphatic rings. The van der Waals surface area contributed by atoms with Crippen LogP contribution in [0.4, 0.5) is 5.69 Å². The van der Waals surface area contributed by atoms with E-state index in [9.17, 15) is 4.79 Å². The minimum Gasteiger partial charge on any atom is -0.467 e. The number of carbonyl (C=O) groups excluding carboxylic acids is 1. The first-order valence-electron chi connectivity index (χ1n) is 5.73. The Morgan fingerprint density at radius 3 is 3.00 bits per heavy atom. The predicted molar refractivity (Wildman–Crippen MR) is 76.2 cm³/mol. The number of hydrogen-bond acceptors (Lipinski definition) is 5. The van der Waals surface area contributed by atoms with Gasteiger partial charge in [0.05, 0.1) is 30.5 Å². The largest absolute Gasteiger partial charge is 0.467 e. The topological polar surface area (TPSA) is 75.3 Å². The molecular formula is C14H11BrN2O3. The van der Waals surface area contributed by atoms with Crippen molar-refractivity contribution in [1.29, 1.82) is 5.26 Å². The van der Waals surface area contributed by atoms with Crippen LogP contribution in [0.25, 0.3) is 0 Å². The van der Waals surface area contributed by atoms with Crippen LogP contribution in [0, 0.1) is 11.3 Å². The van der Waals surface area contributed by atoms with Crippen molar-refractivity contribution in [3.63, 3.8) is 0 Å². The summed E-state index contributed by atoms with van der Waals surface area (Å²) >= 11 is 3.31. The zero-order valence-electron chi connectivity index (χ0n) is 10.6. The summed E-state index contributed by atoms with van der Waals surface area (Å²) in [5.41, 5.74) is 1.59. The second-order valence-electron chi connectivity index (χ2n) is 3.95. The molecule has 0 spiro atoms. The van der Waals surface area contributed by atoms with Crippen LogP contribution >= 0.6 is 15.9 Å². The molecule has 5 nitrogen and oxygen atoms in total. The molecule has 0 unspecified atom stereocenters. The van der Waals surface area contributed by atoms with Crippen molar-refractivity contribution in [2.24, 2.45) is 0 Å². The molecule has 0 saturated carbocycles. The van der Waals surface area contributed by atoms with Crippen LogP contribution in [0.2, 0.25) is 0 Å². The van der Waals surface area contributed by atoms with Gasteiger partial charge in [-0.25, -0.2) is 4.79 Å². The van der Waals surface area contributed by atoms with E-state index in [2.05, 4.69) is 32.1 Å². The number of methoxy groups -OCH3 is 1. The van der Waals surface area contributed by atoms with E-state index in [0.29, 0.717) is 29.1 Å². The van der Waals surface area contributed by atoms with E-state index in [-0.39, 0.29) is 0 Å². The molecule has 20 heavy (non-hydrogen) atoms. The fourth-order valence-corrected chi connectivity index (χ4v) is 2.00. The highest BCUT2D eigenvalue weighted by Gasteiger charge is 2.10. The lowest BCUT2D eigenvalue weighted by Gasteiger charge is -2.06. The number of nitrogens with zero attached hydrogens (tertiary/aromatic N) is 1. The van der Waals surface area contributed by atoms with E-state index >= 15 is 0 Å². The fraction of sp³-hybridized carbons (Fsp3) is 0.143. The van der Waals surface area contributed by atoms with Gasteiger partial charge in [-0.2, -0.15) is 5.26 Å². The Labute approximate surface area is 124 Å². The van der Waals surface area contributed by atoms with Crippen molar-refractivity contribution in [3.8, 4) is 6.07 Å². The van der Waals surface area contributed by atoms with E-state index in [1.165, 1.54) is 13.4 Å². The summed E-state index contributed by atoms with van der Waals surface area (Å²) in [7, 11) is 1.31. The molecule has 6 heteroatoms. The van der Waals surface area contributed by atoms with Crippen LogP contribution in [-0.4, -0.2) is 13.1 Å². The predicted octanol–water partition coefficient (Wildman–Crippen LogP) is 3.31. The Morgan fingerprint density at radius 1 is 1.50 bits per heavy atom. The third-order valence-corrected chi connectivity index (χ3v) is 3.12. The monoisotopic (exact) mass is 334 g/mol. The van der Waals surface area contributed by atoms with Crippen molar-refractivity contribution >= 4 is 27.6 Å². The van der Waals surface area contributed by atoms with Gasteiger partial charge in [-0.05, 0) is 24.3 Å². The summed E-state index contributed by atoms with van der Waals surface area (Å²) in [6.07, 6.45) is 1.34. The first-order valence-corrected chi connectivity index (χ1v) is 6.52. The molecule has 0 saturated heterocycles. The smallest absolute Gasteiger partial charge is 0.341 e. The SMILES string of the molecule is COC(=O)c1coc(CNc2ccc(Br)cc2C#N)c1. The second-order valence-corrected chi connectivity index (χ2v) is 4.86. The molecule has 0 amide bonds. The lowest BCUT2D eigenvalue weighted by Crippen LogP contribution is -2.01. The summed E-state index contributed by atoms with van der Waals surface area (Å²) in [5.74, 6) is 0.138. The number of hydrogen-bond donors (Lipinski definition) is 1. The molecule has 1 aromatic carbocycles. The minimum absolute atomic E-state index is 0.362. The number of carbonyl (C=O) groups is 1. The molecule has 102 valence electrons. The van der Waals surface area contributed by atoms with Crippen molar-refractivity contribution in [3.05, 3.63) is 51.9 Å². The molecular weight excluding hydrogens is 324 g/mol. The van der Waals surface area contributed by atoms with Gasteiger partial charge in [-0.15, -0.1) is 0 Å². The maximum atomic E-state index is 11.3. The van der Waals surface area contributed by atoms with Crippen LogP contribution in [0.15, 0.2) is 39.4 Å². The zero-order chi connectivity index (χ0) is 14.5. The third kappa shape index (κ3) is 3.19. The summed E-state index contributed by atoms with van der Waals surface area (Å²) in [6, 6.07) is 9.07. The first-order chi connectivity index (χ1) is 9.63. The van der Waals surface area contributed by atoms with Crippen LogP contribution in [0.5, 0.6) is 0 Å². The minimum atomic E-state index is -0.443. The van der Waals surface area contributed by atoms with E-state index < -0.39 is 5.97 Å². The van der Waals surface area contributed by atoms with Gasteiger partial charge in [0, 0.05) is 4.47 Å². The molecule has 0 fully saturated rings. The lowest BCUT2D eigenvalue weighted by molar-refractivity contribution is 0.0600. The molecule has 1 aromatic heterocycles. The molecule has 1 heterocycles. The highest BCUT2D eigenvalue weighted by Crippen LogP contribution is 2.21. The Morgan fingerprint density at radius 2 is 2.30 bits per heavy atom. The average molecular weight is 335 g/mol. The Hall–Kier alpha value is -2.26. The van der Waals surface area contributed by atoms with E-state index in [1.54, 1.807) is 18.2 Å². The average Bonchev–Trinajstić information content (AvgIpc) is 2.93. The van der Waals surface area contributed by atoms with Crippen LogP contribution < -0.4 is 5.32 Å². The Kier molecular flexibility index (Phi) is 4.43. The number of furan rings is 1. The van der Waals surface area contributed by atoms with Crippen LogP contribution in [0.3, 0.4) is 0 Å². The van der Waals surface area contributed by atoms with E-state index in [0.717, 1.165) is 4.47 Å². The normalized spacial score (nSPS) is 9.85. The van der Waals surface area contributed by atoms with Gasteiger partial charge in [0.25, 0.3) is 0 Å². The van der Waals surface area contributed by atoms with Gasteiger partial charge in [-0.1, -0.05) is 15.9 Å². The lowest BCUT2D eigenvalue weighted by atomic mass is 10.2. The maximum absolute atomic E-state index is 11.3. The number of benzene rings is 1. The van der Waals surface area contributed by atoms with Crippen molar-refractivity contribution in [2.75, 3.05) is 12.4 Å². The van der Waals surface area contributed by atoms with Gasteiger partial charge in [0.15, 0.2) is 0 Å². The Balaban J connectivity index is 2.08. The highest BCUT2D eigenvalue weighted by molar-refractivity contribution is 9.10. The molecule has 0 radical (unpaired) electrons. The van der Waals surface area contributed by atoms with Gasteiger partial charge >= 0.3 is 5.97 Å². The number of ether oxygens (including phenoxy) is 1. The number of anilines is 1. The highest BCUT2D eigenvalue weighted by atomic mass is 79.9. The zero-order valence-corrected chi connectivity index (χ0v) is 12.2. The van der Waals surface area contributed by atoms with Gasteiger partial charge in [0.1, 0.15) is 18.1 Å². The molecule has 0 aliphatic carbocycles. The van der Waals surface area contributed by atoms with Crippen LogP contribution in [0.1, 0.15) is 21.7 Å². The van der Waals surface area contributed by atoms with Gasteiger partial charge in [0.2, 0.25) is 0 Å². The standard InChI is InChI=1S/C14H11BrN2O3/c1-19-14(18)10-5-12(20-8-10)7-17-13-3-2-11(15)4-9(13)6-16/h2-5,8,17H,7H2,1H3. The van der Waals surface area contributed by atoms with E-state index in [1.807, 2.05) is 6.07 Å². The van der Waals surface area contributed by atoms with Crippen molar-refractivity contribution in [1.82, 2.24) is 0 Å². The Bertz CT molecular complexity index is 673. The van der Waals surface area contributed by atoms with Crippen molar-refractivity contribution < 1.29 is 13.9 Å². The number of rotatable bonds is 4. The number of halogens is 1. The van der Waals surface area contributed by atoms with Crippen LogP contribution in [-0.2, 0) is 11.3 Å².